The first-order chi connectivity index (χ1) is 9.63. The summed E-state index contributed by atoms with van der Waals surface area (Å²) in [7, 11) is 0. The van der Waals surface area contributed by atoms with Crippen molar-refractivity contribution in [1.29, 1.82) is 0 Å². The molecule has 2 heterocycles. The van der Waals surface area contributed by atoms with E-state index in [4.69, 9.17) is 5.11 Å². The highest BCUT2D eigenvalue weighted by molar-refractivity contribution is 9.10. The lowest BCUT2D eigenvalue weighted by Gasteiger charge is -2.00. The third kappa shape index (κ3) is 1.65. The molecule has 0 saturated heterocycles. The van der Waals surface area contributed by atoms with E-state index in [1.165, 1.54) is 16.9 Å². The van der Waals surface area contributed by atoms with E-state index in [0.29, 0.717) is 0 Å². The lowest BCUT2D eigenvalue weighted by atomic mass is 10.1. The summed E-state index contributed by atoms with van der Waals surface area (Å²) in [5.74, 6) is -0.814. The molecule has 0 saturated carbocycles. The molecular formula is C14H9BrN2O2S. The number of carboxylic acids is 1. The van der Waals surface area contributed by atoms with Crippen molar-refractivity contribution in [2.24, 2.45) is 0 Å². The highest BCUT2D eigenvalue weighted by Crippen LogP contribution is 2.39. The van der Waals surface area contributed by atoms with Crippen molar-refractivity contribution in [2.45, 2.75) is 12.8 Å². The molecule has 1 N–H and O–H groups in total. The van der Waals surface area contributed by atoms with Crippen LogP contribution in [0.3, 0.4) is 0 Å². The highest BCUT2D eigenvalue weighted by Gasteiger charge is 2.26. The molecule has 0 unspecified atom stereocenters. The number of imidazole rings is 1. The monoisotopic (exact) mass is 348 g/mol. The van der Waals surface area contributed by atoms with Gasteiger partial charge in [-0.2, -0.15) is 0 Å². The zero-order valence-electron chi connectivity index (χ0n) is 10.3. The molecule has 3 aromatic rings. The molecule has 20 heavy (non-hydrogen) atoms. The molecule has 0 radical (unpaired) electrons. The van der Waals surface area contributed by atoms with E-state index < -0.39 is 5.97 Å². The molecule has 6 heteroatoms. The van der Waals surface area contributed by atoms with Gasteiger partial charge in [0.2, 0.25) is 0 Å². The van der Waals surface area contributed by atoms with Gasteiger partial charge in [-0.05, 0) is 17.7 Å². The van der Waals surface area contributed by atoms with Crippen LogP contribution in [0.25, 0.3) is 16.2 Å². The van der Waals surface area contributed by atoms with Gasteiger partial charge in [0, 0.05) is 27.5 Å². The smallest absolute Gasteiger partial charge is 0.309 e. The van der Waals surface area contributed by atoms with Crippen molar-refractivity contribution in [1.82, 2.24) is 9.38 Å². The van der Waals surface area contributed by atoms with E-state index in [2.05, 4.69) is 33.0 Å². The summed E-state index contributed by atoms with van der Waals surface area (Å²) in [6, 6.07) is 6.19. The number of hydrogen-bond acceptors (Lipinski definition) is 3. The van der Waals surface area contributed by atoms with Crippen LogP contribution >= 0.6 is 27.3 Å². The molecule has 0 spiro atoms. The zero-order valence-corrected chi connectivity index (χ0v) is 12.7. The molecule has 0 aliphatic heterocycles. The second-order valence-corrected chi connectivity index (χ2v) is 6.55. The van der Waals surface area contributed by atoms with Crippen LogP contribution < -0.4 is 0 Å². The van der Waals surface area contributed by atoms with Gasteiger partial charge >= 0.3 is 5.97 Å². The number of benzene rings is 1. The minimum absolute atomic E-state index is 0.0306. The fourth-order valence-corrected chi connectivity index (χ4v) is 4.07. The number of fused-ring (bicyclic) bond motifs is 5. The maximum absolute atomic E-state index is 11.0. The molecular weight excluding hydrogens is 340 g/mol. The van der Waals surface area contributed by atoms with Crippen LogP contribution in [-0.4, -0.2) is 20.5 Å². The number of rotatable bonds is 2. The normalized spacial score (nSPS) is 12.7. The molecule has 2 aromatic heterocycles. The average Bonchev–Trinajstić information content (AvgIpc) is 2.99. The summed E-state index contributed by atoms with van der Waals surface area (Å²) >= 11 is 4.98. The molecule has 1 aliphatic carbocycles. The number of hydrogen-bond donors (Lipinski definition) is 1. The Morgan fingerprint density at radius 3 is 3.15 bits per heavy atom. The van der Waals surface area contributed by atoms with Crippen molar-refractivity contribution < 1.29 is 9.90 Å². The van der Waals surface area contributed by atoms with Crippen molar-refractivity contribution in [3.05, 3.63) is 45.0 Å². The minimum atomic E-state index is -0.814. The van der Waals surface area contributed by atoms with Crippen molar-refractivity contribution >= 4 is 38.2 Å². The Bertz CT molecular complexity index is 866. The molecule has 1 aromatic carbocycles. The Hall–Kier alpha value is -1.66. The van der Waals surface area contributed by atoms with E-state index >= 15 is 0 Å². The van der Waals surface area contributed by atoms with Crippen LogP contribution in [-0.2, 0) is 17.6 Å². The fraction of sp³-hybridized carbons (Fsp3) is 0.143. The number of nitrogens with zero attached hydrogens (tertiary/aromatic N) is 2. The molecule has 0 fully saturated rings. The Labute approximate surface area is 126 Å². The van der Waals surface area contributed by atoms with E-state index in [9.17, 15) is 4.79 Å². The van der Waals surface area contributed by atoms with Crippen LogP contribution in [0.2, 0.25) is 0 Å². The molecule has 0 amide bonds. The SMILES string of the molecule is O=C(O)Cc1csc2nc3c(n12)Cc1cc(Br)ccc1-3. The fourth-order valence-electron chi connectivity index (χ4n) is 2.75. The number of carbonyl (C=O) groups is 1. The molecule has 100 valence electrons. The number of halogens is 1. The first-order valence-electron chi connectivity index (χ1n) is 6.12. The van der Waals surface area contributed by atoms with Gasteiger partial charge in [0.25, 0.3) is 0 Å². The summed E-state index contributed by atoms with van der Waals surface area (Å²) in [5, 5.41) is 10.9. The first kappa shape index (κ1) is 12.1. The summed E-state index contributed by atoms with van der Waals surface area (Å²) in [6.07, 6.45) is 0.831. The lowest BCUT2D eigenvalue weighted by Crippen LogP contribution is -2.04. The van der Waals surface area contributed by atoms with Crippen LogP contribution in [0.4, 0.5) is 0 Å². The van der Waals surface area contributed by atoms with Gasteiger partial charge in [0.05, 0.1) is 17.8 Å². The number of thiazole rings is 1. The summed E-state index contributed by atoms with van der Waals surface area (Å²) < 4.78 is 3.06. The van der Waals surface area contributed by atoms with Crippen molar-refractivity contribution in [2.75, 3.05) is 0 Å². The Morgan fingerprint density at radius 1 is 1.50 bits per heavy atom. The Morgan fingerprint density at radius 2 is 2.35 bits per heavy atom. The van der Waals surface area contributed by atoms with Crippen LogP contribution in [0.15, 0.2) is 28.1 Å². The van der Waals surface area contributed by atoms with Gasteiger partial charge in [0.15, 0.2) is 4.96 Å². The highest BCUT2D eigenvalue weighted by atomic mass is 79.9. The van der Waals surface area contributed by atoms with Crippen molar-refractivity contribution in [3.63, 3.8) is 0 Å². The predicted molar refractivity (Wildman–Crippen MR) is 80.4 cm³/mol. The van der Waals surface area contributed by atoms with Gasteiger partial charge in [-0.15, -0.1) is 11.3 Å². The largest absolute Gasteiger partial charge is 0.481 e. The molecule has 4 nitrogen and oxygen atoms in total. The zero-order chi connectivity index (χ0) is 13.9. The summed E-state index contributed by atoms with van der Waals surface area (Å²) in [6.45, 7) is 0. The molecule has 0 bridgehead atoms. The second-order valence-electron chi connectivity index (χ2n) is 4.80. The number of aromatic nitrogens is 2. The molecule has 1 aliphatic rings. The van der Waals surface area contributed by atoms with Crippen LogP contribution in [0.1, 0.15) is 17.0 Å². The van der Waals surface area contributed by atoms with E-state index in [1.807, 2.05) is 15.8 Å². The maximum atomic E-state index is 11.0. The quantitative estimate of drug-likeness (QED) is 0.604. The summed E-state index contributed by atoms with van der Waals surface area (Å²) in [5.41, 5.74) is 5.29. The Balaban J connectivity index is 1.93. The second kappa shape index (κ2) is 4.17. The predicted octanol–water partition coefficient (Wildman–Crippen LogP) is 3.36. The standard InChI is InChI=1S/C14H9BrN2O2S/c15-8-1-2-10-7(3-8)4-11-13(10)16-14-17(11)9(6-20-14)5-12(18)19/h1-3,6H,4-5H2,(H,18,19). The van der Waals surface area contributed by atoms with E-state index in [-0.39, 0.29) is 6.42 Å². The average molecular weight is 349 g/mol. The van der Waals surface area contributed by atoms with Gasteiger partial charge in [-0.1, -0.05) is 22.0 Å². The van der Waals surface area contributed by atoms with Gasteiger partial charge in [-0.3, -0.25) is 9.20 Å². The Kier molecular flexibility index (Phi) is 2.52. The first-order valence-corrected chi connectivity index (χ1v) is 7.79. The van der Waals surface area contributed by atoms with Crippen molar-refractivity contribution in [3.8, 4) is 11.3 Å². The topological polar surface area (TPSA) is 54.6 Å². The minimum Gasteiger partial charge on any atom is -0.481 e. The van der Waals surface area contributed by atoms with E-state index in [0.717, 1.165) is 38.5 Å². The van der Waals surface area contributed by atoms with E-state index in [1.54, 1.807) is 0 Å². The van der Waals surface area contributed by atoms with Crippen LogP contribution in [0, 0.1) is 0 Å². The van der Waals surface area contributed by atoms with Crippen LogP contribution in [0.5, 0.6) is 0 Å². The number of aliphatic carboxylic acids is 1. The number of carboxylic acid groups (broad SMARTS) is 1. The summed E-state index contributed by atoms with van der Waals surface area (Å²) in [4.78, 5) is 16.5. The molecule has 4 rings (SSSR count). The van der Waals surface area contributed by atoms with Gasteiger partial charge in [-0.25, -0.2) is 4.98 Å². The third-order valence-electron chi connectivity index (χ3n) is 3.54. The van der Waals surface area contributed by atoms with Gasteiger partial charge < -0.3 is 5.11 Å². The lowest BCUT2D eigenvalue weighted by molar-refractivity contribution is -0.136. The van der Waals surface area contributed by atoms with Gasteiger partial charge in [0.1, 0.15) is 0 Å². The maximum Gasteiger partial charge on any atom is 0.309 e. The third-order valence-corrected chi connectivity index (χ3v) is 4.91. The molecule has 0 atom stereocenters.